The van der Waals surface area contributed by atoms with Gasteiger partial charge in [0, 0.05) is 9.99 Å². The molecule has 11 heteroatoms. The molecule has 2 heterocycles. The van der Waals surface area contributed by atoms with Gasteiger partial charge in [-0.2, -0.15) is 0 Å². The predicted molar refractivity (Wildman–Crippen MR) is 116 cm³/mol. The van der Waals surface area contributed by atoms with Crippen molar-refractivity contribution in [2.24, 2.45) is 0 Å². The van der Waals surface area contributed by atoms with Crippen LogP contribution in [0.25, 0.3) is 0 Å². The molecule has 2 saturated heterocycles. The first kappa shape index (κ1) is 23.2. The molecular weight excluding hydrogens is 544 g/mol. The Bertz CT molecular complexity index is 1030. The maximum Gasteiger partial charge on any atom is 0.256 e. The molecule has 0 aliphatic carbocycles. The first-order chi connectivity index (χ1) is 15.2. The molecule has 2 aromatic carbocycles. The van der Waals surface area contributed by atoms with Crippen LogP contribution in [0.5, 0.6) is 0 Å². The lowest BCUT2D eigenvalue weighted by atomic mass is 9.87. The summed E-state index contributed by atoms with van der Waals surface area (Å²) in [5.74, 6) is -3.89. The number of β-amino-alcohol motifs (C(OH)–C–C–N with tert-alkyl or cyclic N) is 1. The summed E-state index contributed by atoms with van der Waals surface area (Å²) in [6.45, 7) is 0.424. The number of aliphatic hydroxyl groups is 2. The van der Waals surface area contributed by atoms with Crippen LogP contribution in [-0.4, -0.2) is 65.3 Å². The number of anilines is 2. The van der Waals surface area contributed by atoms with Gasteiger partial charge in [-0.1, -0.05) is 0 Å². The monoisotopic (exact) mass is 564 g/mol. The van der Waals surface area contributed by atoms with E-state index in [1.807, 2.05) is 22.6 Å². The maximum absolute atomic E-state index is 14.6. The first-order valence-electron chi connectivity index (χ1n) is 9.80. The van der Waals surface area contributed by atoms with E-state index in [0.717, 1.165) is 12.1 Å². The fourth-order valence-electron chi connectivity index (χ4n) is 3.77. The number of benzene rings is 2. The lowest BCUT2D eigenvalue weighted by Crippen LogP contribution is -2.65. The molecule has 2 aromatic rings. The fraction of sp³-hybridized carbons (Fsp3) is 0.381. The summed E-state index contributed by atoms with van der Waals surface area (Å²) >= 11 is 1.91. The minimum atomic E-state index is -1.38. The number of nitrogens with zero attached hydrogens (tertiary/aromatic N) is 1. The predicted octanol–water partition coefficient (Wildman–Crippen LogP) is 2.76. The quantitative estimate of drug-likeness (QED) is 0.468. The molecule has 1 unspecified atom stereocenters. The topological polar surface area (TPSA) is 91.3 Å². The highest BCUT2D eigenvalue weighted by Crippen LogP contribution is 2.33. The summed E-state index contributed by atoms with van der Waals surface area (Å²) in [6.07, 6.45) is -2.00. The number of hydrogen-bond donors (Lipinski definition) is 3. The molecule has 172 valence electrons. The minimum absolute atomic E-state index is 0.0851. The van der Waals surface area contributed by atoms with Crippen LogP contribution in [0, 0.1) is 21.0 Å². The van der Waals surface area contributed by atoms with Crippen LogP contribution < -0.4 is 5.32 Å². The van der Waals surface area contributed by atoms with Crippen molar-refractivity contribution in [3.8, 4) is 0 Å². The Morgan fingerprint density at radius 2 is 1.88 bits per heavy atom. The summed E-state index contributed by atoms with van der Waals surface area (Å²) in [6, 6.07) is 6.04. The molecule has 1 amide bonds. The number of carbonyl (C=O) groups excluding carboxylic acids is 1. The zero-order chi connectivity index (χ0) is 23.0. The molecular formula is C21H20F3IN2O5. The second kappa shape index (κ2) is 9.14. The van der Waals surface area contributed by atoms with E-state index in [9.17, 15) is 28.2 Å². The van der Waals surface area contributed by atoms with E-state index in [0.29, 0.717) is 16.8 Å². The minimum Gasteiger partial charge on any atom is -0.388 e. The zero-order valence-electron chi connectivity index (χ0n) is 16.7. The van der Waals surface area contributed by atoms with Crippen molar-refractivity contribution in [1.82, 2.24) is 4.90 Å². The van der Waals surface area contributed by atoms with Crippen molar-refractivity contribution >= 4 is 39.9 Å². The molecule has 3 N–H and O–H groups in total. The number of amides is 1. The molecule has 4 rings (SSSR count). The molecule has 7 nitrogen and oxygen atoms in total. The molecule has 2 aliphatic heterocycles. The van der Waals surface area contributed by atoms with Crippen molar-refractivity contribution in [3.05, 3.63) is 56.9 Å². The SMILES string of the molecule is O=C(c1ccc(F)c(F)c1Nc1ccc(I)cc1F)N1CC(O)(CC(O)C2OCCO2)C1. The van der Waals surface area contributed by atoms with Gasteiger partial charge < -0.3 is 29.9 Å². The Morgan fingerprint density at radius 1 is 1.19 bits per heavy atom. The third-order valence-electron chi connectivity index (χ3n) is 5.32. The van der Waals surface area contributed by atoms with E-state index < -0.39 is 47.0 Å². The molecule has 0 bridgehead atoms. The molecule has 32 heavy (non-hydrogen) atoms. The van der Waals surface area contributed by atoms with E-state index in [1.54, 1.807) is 6.07 Å². The van der Waals surface area contributed by atoms with Crippen molar-refractivity contribution in [3.63, 3.8) is 0 Å². The third kappa shape index (κ3) is 4.71. The average Bonchev–Trinajstić information content (AvgIpc) is 3.26. The van der Waals surface area contributed by atoms with Crippen molar-refractivity contribution in [2.45, 2.75) is 24.4 Å². The molecule has 1 atom stereocenters. The van der Waals surface area contributed by atoms with Gasteiger partial charge >= 0.3 is 0 Å². The van der Waals surface area contributed by atoms with E-state index in [4.69, 9.17) is 9.47 Å². The first-order valence-corrected chi connectivity index (χ1v) is 10.9. The Hall–Kier alpha value is -1.93. The molecule has 0 saturated carbocycles. The van der Waals surface area contributed by atoms with Gasteiger partial charge in [0.1, 0.15) is 17.5 Å². The lowest BCUT2D eigenvalue weighted by Gasteiger charge is -2.47. The molecule has 2 fully saturated rings. The van der Waals surface area contributed by atoms with E-state index >= 15 is 0 Å². The summed E-state index contributed by atoms with van der Waals surface area (Å²) < 4.78 is 53.7. The number of carbonyl (C=O) groups is 1. The average molecular weight is 564 g/mol. The molecule has 0 spiro atoms. The van der Waals surface area contributed by atoms with Gasteiger partial charge in [-0.3, -0.25) is 4.79 Å². The summed E-state index contributed by atoms with van der Waals surface area (Å²) in [7, 11) is 0. The van der Waals surface area contributed by atoms with Gasteiger partial charge in [0.15, 0.2) is 17.9 Å². The highest BCUT2D eigenvalue weighted by Gasteiger charge is 2.47. The van der Waals surface area contributed by atoms with Crippen LogP contribution in [-0.2, 0) is 9.47 Å². The van der Waals surface area contributed by atoms with Gasteiger partial charge in [-0.15, -0.1) is 0 Å². The highest BCUT2D eigenvalue weighted by atomic mass is 127. The smallest absolute Gasteiger partial charge is 0.256 e. The molecule has 0 aromatic heterocycles. The van der Waals surface area contributed by atoms with Gasteiger partial charge in [0.25, 0.3) is 5.91 Å². The second-order valence-corrected chi connectivity index (χ2v) is 9.05. The number of halogens is 4. The number of likely N-dealkylation sites (tertiary alicyclic amines) is 1. The summed E-state index contributed by atoms with van der Waals surface area (Å²) in [5, 5.41) is 23.2. The Balaban J connectivity index is 1.50. The Kier molecular flexibility index (Phi) is 6.63. The summed E-state index contributed by atoms with van der Waals surface area (Å²) in [4.78, 5) is 14.2. The number of hydrogen-bond acceptors (Lipinski definition) is 6. The van der Waals surface area contributed by atoms with E-state index in [1.165, 1.54) is 17.0 Å². The van der Waals surface area contributed by atoms with Crippen LogP contribution in [0.2, 0.25) is 0 Å². The van der Waals surface area contributed by atoms with Gasteiger partial charge in [0.05, 0.1) is 43.2 Å². The lowest BCUT2D eigenvalue weighted by molar-refractivity contribution is -0.164. The van der Waals surface area contributed by atoms with Crippen molar-refractivity contribution in [2.75, 3.05) is 31.6 Å². The number of nitrogens with one attached hydrogen (secondary N) is 1. The van der Waals surface area contributed by atoms with E-state index in [-0.39, 0.29) is 30.8 Å². The maximum atomic E-state index is 14.6. The number of aliphatic hydroxyl groups excluding tert-OH is 1. The number of rotatable bonds is 6. The van der Waals surface area contributed by atoms with Gasteiger partial charge in [-0.25, -0.2) is 13.2 Å². The van der Waals surface area contributed by atoms with Crippen LogP contribution in [0.15, 0.2) is 30.3 Å². The van der Waals surface area contributed by atoms with Crippen LogP contribution >= 0.6 is 22.6 Å². The largest absolute Gasteiger partial charge is 0.388 e. The second-order valence-electron chi connectivity index (χ2n) is 7.80. The zero-order valence-corrected chi connectivity index (χ0v) is 18.8. The number of ether oxygens (including phenoxy) is 2. The van der Waals surface area contributed by atoms with Crippen LogP contribution in [0.3, 0.4) is 0 Å². The Labute approximate surface area is 195 Å². The Morgan fingerprint density at radius 3 is 2.53 bits per heavy atom. The third-order valence-corrected chi connectivity index (χ3v) is 6.00. The normalized spacial score (nSPS) is 19.0. The van der Waals surface area contributed by atoms with Crippen LogP contribution in [0.4, 0.5) is 24.5 Å². The van der Waals surface area contributed by atoms with Crippen molar-refractivity contribution < 1.29 is 37.7 Å². The highest BCUT2D eigenvalue weighted by molar-refractivity contribution is 14.1. The molecule has 2 aliphatic rings. The van der Waals surface area contributed by atoms with Crippen LogP contribution in [0.1, 0.15) is 16.8 Å². The van der Waals surface area contributed by atoms with Gasteiger partial charge in [0.2, 0.25) is 0 Å². The van der Waals surface area contributed by atoms with Crippen molar-refractivity contribution in [1.29, 1.82) is 0 Å². The summed E-state index contributed by atoms with van der Waals surface area (Å²) in [5.41, 5.74) is -2.22. The van der Waals surface area contributed by atoms with E-state index in [2.05, 4.69) is 5.32 Å². The van der Waals surface area contributed by atoms with Gasteiger partial charge in [-0.05, 0) is 52.9 Å². The molecule has 0 radical (unpaired) electrons. The standard InChI is InChI=1S/C21H20F3IN2O5/c22-13-3-2-12(18(17(13)24)26-15-4-1-11(25)7-14(15)23)19(29)27-9-21(30,10-27)8-16(28)20-31-5-6-32-20/h1-4,7,16,20,26,28,30H,5-6,8-10H2. The fourth-order valence-corrected chi connectivity index (χ4v) is 4.22.